The Kier molecular flexibility index (Phi) is 4.82. The molecule has 0 saturated heterocycles. The number of hydrogen-bond acceptors (Lipinski definition) is 5. The molecule has 2 aromatic carbocycles. The fraction of sp³-hybridized carbons (Fsp3) is 0.130. The SMILES string of the molecule is Cc1cc(=O)oc2c(C3=Nc4ccc(Cl)cc4S[C@@H](c4cccs4)C3)cccc12. The molecule has 1 atom stereocenters. The van der Waals surface area contributed by atoms with Gasteiger partial charge in [0.15, 0.2) is 0 Å². The number of aryl methyl sites for hydroxylation is 1. The van der Waals surface area contributed by atoms with E-state index < -0.39 is 0 Å². The van der Waals surface area contributed by atoms with Gasteiger partial charge in [0, 0.05) is 43.5 Å². The van der Waals surface area contributed by atoms with E-state index in [0.717, 1.165) is 39.2 Å². The minimum absolute atomic E-state index is 0.209. The quantitative estimate of drug-likeness (QED) is 0.312. The van der Waals surface area contributed by atoms with Crippen LogP contribution in [-0.2, 0) is 0 Å². The van der Waals surface area contributed by atoms with Crippen molar-refractivity contribution in [3.8, 4) is 0 Å². The highest BCUT2D eigenvalue weighted by atomic mass is 35.5. The van der Waals surface area contributed by atoms with E-state index in [2.05, 4.69) is 17.5 Å². The van der Waals surface area contributed by atoms with Gasteiger partial charge in [0.2, 0.25) is 0 Å². The van der Waals surface area contributed by atoms with Crippen LogP contribution in [0.15, 0.2) is 79.1 Å². The summed E-state index contributed by atoms with van der Waals surface area (Å²) in [5.41, 5.74) is 3.84. The van der Waals surface area contributed by atoms with Crippen molar-refractivity contribution in [1.82, 2.24) is 0 Å². The van der Waals surface area contributed by atoms with Crippen LogP contribution in [0.5, 0.6) is 0 Å². The summed E-state index contributed by atoms with van der Waals surface area (Å²) in [5, 5.41) is 3.94. The number of fused-ring (bicyclic) bond motifs is 2. The van der Waals surface area contributed by atoms with Gasteiger partial charge >= 0.3 is 5.63 Å². The van der Waals surface area contributed by atoms with Gasteiger partial charge in [-0.2, -0.15) is 0 Å². The second kappa shape index (κ2) is 7.48. The summed E-state index contributed by atoms with van der Waals surface area (Å²) >= 11 is 9.78. The average Bonchev–Trinajstić information content (AvgIpc) is 3.16. The van der Waals surface area contributed by atoms with Gasteiger partial charge in [-0.1, -0.05) is 29.8 Å². The van der Waals surface area contributed by atoms with Crippen LogP contribution in [0.4, 0.5) is 5.69 Å². The molecule has 1 aliphatic rings. The van der Waals surface area contributed by atoms with Crippen molar-refractivity contribution in [3.05, 3.63) is 91.4 Å². The maximum absolute atomic E-state index is 12.1. The number of benzene rings is 2. The van der Waals surface area contributed by atoms with Gasteiger partial charge in [-0.25, -0.2) is 4.79 Å². The summed E-state index contributed by atoms with van der Waals surface area (Å²) in [5.74, 6) is 0. The third-order valence-electron chi connectivity index (χ3n) is 4.97. The lowest BCUT2D eigenvalue weighted by molar-refractivity contribution is 0.559. The molecule has 144 valence electrons. The molecule has 0 unspecified atom stereocenters. The fourth-order valence-electron chi connectivity index (χ4n) is 3.61. The van der Waals surface area contributed by atoms with Crippen LogP contribution in [-0.4, -0.2) is 5.71 Å². The van der Waals surface area contributed by atoms with E-state index >= 15 is 0 Å². The molecule has 5 rings (SSSR count). The number of nitrogens with zero attached hydrogens (tertiary/aromatic N) is 1. The van der Waals surface area contributed by atoms with Crippen molar-refractivity contribution >= 4 is 57.1 Å². The van der Waals surface area contributed by atoms with E-state index in [1.165, 1.54) is 10.9 Å². The molecule has 0 amide bonds. The zero-order chi connectivity index (χ0) is 20.0. The first kappa shape index (κ1) is 18.7. The standard InChI is InChI=1S/C23H16ClNO2S2/c1-13-10-22(26)27-23-15(13)4-2-5-16(23)18-12-21(19-6-3-9-28-19)29-20-11-14(24)7-8-17(20)25-18/h2-11,21H,12H2,1H3/t21-/m1/s1. The average molecular weight is 438 g/mol. The van der Waals surface area contributed by atoms with Crippen molar-refractivity contribution in [2.24, 2.45) is 4.99 Å². The van der Waals surface area contributed by atoms with Gasteiger partial charge in [0.05, 0.1) is 11.4 Å². The lowest BCUT2D eigenvalue weighted by Crippen LogP contribution is -2.07. The molecule has 3 heterocycles. The van der Waals surface area contributed by atoms with Crippen LogP contribution in [0.3, 0.4) is 0 Å². The number of aliphatic imine (C=N–C) groups is 1. The minimum atomic E-state index is -0.340. The summed E-state index contributed by atoms with van der Waals surface area (Å²) < 4.78 is 5.64. The summed E-state index contributed by atoms with van der Waals surface area (Å²) in [6, 6.07) is 17.5. The van der Waals surface area contributed by atoms with Crippen LogP contribution in [0.2, 0.25) is 5.02 Å². The topological polar surface area (TPSA) is 42.6 Å². The molecule has 3 nitrogen and oxygen atoms in total. The van der Waals surface area contributed by atoms with Crippen LogP contribution < -0.4 is 5.63 Å². The number of rotatable bonds is 2. The van der Waals surface area contributed by atoms with E-state index in [9.17, 15) is 4.79 Å². The predicted molar refractivity (Wildman–Crippen MR) is 122 cm³/mol. The first-order chi connectivity index (χ1) is 14.1. The number of hydrogen-bond donors (Lipinski definition) is 0. The molecule has 1 aliphatic heterocycles. The first-order valence-corrected chi connectivity index (χ1v) is 11.3. The second-order valence-corrected chi connectivity index (χ2v) is 9.59. The van der Waals surface area contributed by atoms with Gasteiger partial charge in [0.1, 0.15) is 5.58 Å². The Labute approximate surface area is 181 Å². The molecule has 29 heavy (non-hydrogen) atoms. The highest BCUT2D eigenvalue weighted by molar-refractivity contribution is 7.99. The minimum Gasteiger partial charge on any atom is -0.422 e. The first-order valence-electron chi connectivity index (χ1n) is 9.19. The van der Waals surface area contributed by atoms with Gasteiger partial charge in [-0.15, -0.1) is 23.1 Å². The van der Waals surface area contributed by atoms with Crippen molar-refractivity contribution in [3.63, 3.8) is 0 Å². The smallest absolute Gasteiger partial charge is 0.336 e. The highest BCUT2D eigenvalue weighted by Crippen LogP contribution is 2.47. The largest absolute Gasteiger partial charge is 0.422 e. The summed E-state index contributed by atoms with van der Waals surface area (Å²) in [4.78, 5) is 19.4. The highest BCUT2D eigenvalue weighted by Gasteiger charge is 2.25. The Hall–Kier alpha value is -2.34. The number of para-hydroxylation sites is 1. The molecule has 4 aromatic rings. The van der Waals surface area contributed by atoms with Crippen molar-refractivity contribution in [2.75, 3.05) is 0 Å². The summed E-state index contributed by atoms with van der Waals surface area (Å²) in [6.07, 6.45) is 0.730. The number of halogens is 1. The zero-order valence-electron chi connectivity index (χ0n) is 15.5. The third kappa shape index (κ3) is 3.54. The van der Waals surface area contributed by atoms with Crippen LogP contribution in [0.1, 0.15) is 27.7 Å². The molecule has 0 radical (unpaired) electrons. The van der Waals surface area contributed by atoms with Gasteiger partial charge in [-0.05, 0) is 48.2 Å². The van der Waals surface area contributed by atoms with Crippen LogP contribution >= 0.6 is 34.7 Å². The van der Waals surface area contributed by atoms with Gasteiger partial charge in [0.25, 0.3) is 0 Å². The van der Waals surface area contributed by atoms with E-state index in [1.54, 1.807) is 23.1 Å². The van der Waals surface area contributed by atoms with Crippen LogP contribution in [0.25, 0.3) is 11.0 Å². The monoisotopic (exact) mass is 437 g/mol. The predicted octanol–water partition coefficient (Wildman–Crippen LogP) is 7.17. The summed E-state index contributed by atoms with van der Waals surface area (Å²) in [7, 11) is 0. The van der Waals surface area contributed by atoms with E-state index in [-0.39, 0.29) is 10.9 Å². The number of thioether (sulfide) groups is 1. The zero-order valence-corrected chi connectivity index (χ0v) is 17.9. The lowest BCUT2D eigenvalue weighted by Gasteiger charge is -2.15. The van der Waals surface area contributed by atoms with Crippen molar-refractivity contribution in [2.45, 2.75) is 23.5 Å². The lowest BCUT2D eigenvalue weighted by atomic mass is 10.00. The molecule has 0 bridgehead atoms. The van der Waals surface area contributed by atoms with E-state index in [0.29, 0.717) is 10.6 Å². The summed E-state index contributed by atoms with van der Waals surface area (Å²) in [6.45, 7) is 1.93. The second-order valence-electron chi connectivity index (χ2n) is 6.93. The van der Waals surface area contributed by atoms with Gasteiger partial charge in [-0.3, -0.25) is 4.99 Å². The molecular weight excluding hydrogens is 422 g/mol. The van der Waals surface area contributed by atoms with Crippen molar-refractivity contribution < 1.29 is 4.42 Å². The molecule has 0 N–H and O–H groups in total. The van der Waals surface area contributed by atoms with Crippen molar-refractivity contribution in [1.29, 1.82) is 0 Å². The molecular formula is C23H16ClNO2S2. The van der Waals surface area contributed by atoms with E-state index in [4.69, 9.17) is 21.0 Å². The Morgan fingerprint density at radius 3 is 2.86 bits per heavy atom. The Morgan fingerprint density at radius 2 is 2.03 bits per heavy atom. The van der Waals surface area contributed by atoms with Gasteiger partial charge < -0.3 is 4.42 Å². The Bertz CT molecular complexity index is 1310. The Balaban J connectivity index is 1.74. The fourth-order valence-corrected chi connectivity index (χ4v) is 6.04. The van der Waals surface area contributed by atoms with E-state index in [1.807, 2.05) is 43.3 Å². The molecule has 0 fully saturated rings. The third-order valence-corrected chi connectivity index (χ3v) is 7.63. The maximum Gasteiger partial charge on any atom is 0.336 e. The molecule has 0 aliphatic carbocycles. The molecule has 6 heteroatoms. The molecule has 2 aromatic heterocycles. The molecule has 0 spiro atoms. The normalized spacial score (nSPS) is 16.3. The maximum atomic E-state index is 12.1. The number of thiophene rings is 1. The Morgan fingerprint density at radius 1 is 1.14 bits per heavy atom. The molecule has 0 saturated carbocycles. The van der Waals surface area contributed by atoms with Crippen LogP contribution in [0, 0.1) is 6.92 Å².